The third-order valence-electron chi connectivity index (χ3n) is 3.12. The standard InChI is InChI=1S/C9H16.ClH/c1-3-8-5-2-6-9(4-1)7-8;/h8-9H,1-7H2;1H. The highest BCUT2D eigenvalue weighted by Crippen LogP contribution is 2.39. The highest BCUT2D eigenvalue weighted by molar-refractivity contribution is 5.85. The quantitative estimate of drug-likeness (QED) is 0.510. The Kier molecular flexibility index (Phi) is 3.03. The van der Waals surface area contributed by atoms with Crippen LogP contribution in [0.15, 0.2) is 0 Å². The second kappa shape index (κ2) is 3.61. The van der Waals surface area contributed by atoms with E-state index in [4.69, 9.17) is 0 Å². The Labute approximate surface area is 69.8 Å². The van der Waals surface area contributed by atoms with E-state index in [9.17, 15) is 0 Å². The zero-order chi connectivity index (χ0) is 6.10. The molecule has 0 saturated heterocycles. The van der Waals surface area contributed by atoms with E-state index in [1.165, 1.54) is 12.8 Å². The van der Waals surface area contributed by atoms with Gasteiger partial charge in [0.2, 0.25) is 0 Å². The molecule has 0 unspecified atom stereocenters. The van der Waals surface area contributed by atoms with Crippen LogP contribution in [-0.4, -0.2) is 0 Å². The van der Waals surface area contributed by atoms with Crippen LogP contribution in [0.5, 0.6) is 0 Å². The van der Waals surface area contributed by atoms with Gasteiger partial charge in [-0.2, -0.15) is 0 Å². The molecular formula is C9H17Cl. The van der Waals surface area contributed by atoms with Gasteiger partial charge < -0.3 is 0 Å². The average molecular weight is 161 g/mol. The number of fused-ring (bicyclic) bond motifs is 2. The van der Waals surface area contributed by atoms with Gasteiger partial charge in [-0.05, 0) is 18.3 Å². The molecule has 2 aliphatic carbocycles. The summed E-state index contributed by atoms with van der Waals surface area (Å²) < 4.78 is 0. The number of hydrogen-bond acceptors (Lipinski definition) is 0. The fourth-order valence-electron chi connectivity index (χ4n) is 2.62. The molecule has 2 saturated carbocycles. The van der Waals surface area contributed by atoms with E-state index < -0.39 is 0 Å². The molecule has 2 rings (SSSR count). The SMILES string of the molecule is C1CC2CCCC(C1)C2.Cl. The second-order valence-corrected chi connectivity index (χ2v) is 3.83. The van der Waals surface area contributed by atoms with E-state index in [0.29, 0.717) is 0 Å². The van der Waals surface area contributed by atoms with Crippen LogP contribution in [0.3, 0.4) is 0 Å². The molecule has 0 aromatic heterocycles. The molecule has 0 radical (unpaired) electrons. The summed E-state index contributed by atoms with van der Waals surface area (Å²) in [6, 6.07) is 0. The van der Waals surface area contributed by atoms with Crippen LogP contribution >= 0.6 is 12.4 Å². The fraction of sp³-hybridized carbons (Fsp3) is 1.00. The monoisotopic (exact) mass is 160 g/mol. The van der Waals surface area contributed by atoms with Gasteiger partial charge in [-0.25, -0.2) is 0 Å². The van der Waals surface area contributed by atoms with E-state index in [1.807, 2.05) is 0 Å². The first-order chi connectivity index (χ1) is 4.45. The van der Waals surface area contributed by atoms with Gasteiger partial charge in [0, 0.05) is 0 Å². The largest absolute Gasteiger partial charge is 0.147 e. The molecule has 0 spiro atoms. The predicted octanol–water partition coefficient (Wildman–Crippen LogP) is 3.40. The fourth-order valence-corrected chi connectivity index (χ4v) is 2.62. The molecule has 0 aromatic carbocycles. The van der Waals surface area contributed by atoms with E-state index in [1.54, 1.807) is 32.1 Å². The first-order valence-electron chi connectivity index (χ1n) is 4.45. The lowest BCUT2D eigenvalue weighted by molar-refractivity contribution is 0.190. The summed E-state index contributed by atoms with van der Waals surface area (Å²) in [5.41, 5.74) is 0. The van der Waals surface area contributed by atoms with Crippen LogP contribution in [0, 0.1) is 11.8 Å². The Morgan fingerprint density at radius 2 is 1.10 bits per heavy atom. The lowest BCUT2D eigenvalue weighted by Crippen LogP contribution is -2.20. The molecule has 0 heterocycles. The van der Waals surface area contributed by atoms with Gasteiger partial charge in [-0.15, -0.1) is 12.4 Å². The lowest BCUT2D eigenvalue weighted by atomic mass is 9.72. The molecule has 1 heteroatoms. The Morgan fingerprint density at radius 3 is 1.40 bits per heavy atom. The molecule has 60 valence electrons. The maximum atomic E-state index is 1.58. The average Bonchev–Trinajstić information content (AvgIpc) is 1.88. The number of rotatable bonds is 0. The number of halogens is 1. The first-order valence-corrected chi connectivity index (χ1v) is 4.45. The Hall–Kier alpha value is 0.290. The van der Waals surface area contributed by atoms with E-state index in [-0.39, 0.29) is 12.4 Å². The highest BCUT2D eigenvalue weighted by Gasteiger charge is 2.25. The smallest absolute Gasteiger partial charge is 0.0412 e. The summed E-state index contributed by atoms with van der Waals surface area (Å²) in [7, 11) is 0. The predicted molar refractivity (Wildman–Crippen MR) is 46.5 cm³/mol. The molecule has 2 fully saturated rings. The third kappa shape index (κ3) is 1.66. The Balaban J connectivity index is 0.000000500. The number of hydrogen-bond donors (Lipinski definition) is 0. The zero-order valence-corrected chi connectivity index (χ0v) is 7.33. The van der Waals surface area contributed by atoms with Crippen molar-refractivity contribution in [1.82, 2.24) is 0 Å². The van der Waals surface area contributed by atoms with Crippen LogP contribution in [0.1, 0.15) is 44.9 Å². The van der Waals surface area contributed by atoms with Gasteiger partial charge in [-0.3, -0.25) is 0 Å². The minimum atomic E-state index is 0. The molecule has 0 amide bonds. The van der Waals surface area contributed by atoms with Crippen molar-refractivity contribution in [3.05, 3.63) is 0 Å². The highest BCUT2D eigenvalue weighted by atomic mass is 35.5. The van der Waals surface area contributed by atoms with Crippen LogP contribution in [0.4, 0.5) is 0 Å². The molecule has 2 bridgehead atoms. The van der Waals surface area contributed by atoms with Gasteiger partial charge >= 0.3 is 0 Å². The van der Waals surface area contributed by atoms with Crippen molar-refractivity contribution >= 4 is 12.4 Å². The summed E-state index contributed by atoms with van der Waals surface area (Å²) in [4.78, 5) is 0. The summed E-state index contributed by atoms with van der Waals surface area (Å²) in [6.45, 7) is 0. The van der Waals surface area contributed by atoms with Crippen LogP contribution in [-0.2, 0) is 0 Å². The van der Waals surface area contributed by atoms with Crippen molar-refractivity contribution in [2.75, 3.05) is 0 Å². The van der Waals surface area contributed by atoms with Gasteiger partial charge in [0.15, 0.2) is 0 Å². The molecule has 0 aromatic rings. The maximum Gasteiger partial charge on any atom is -0.0412 e. The molecule has 0 N–H and O–H groups in total. The second-order valence-electron chi connectivity index (χ2n) is 3.83. The van der Waals surface area contributed by atoms with E-state index >= 15 is 0 Å². The molecule has 0 aliphatic heterocycles. The summed E-state index contributed by atoms with van der Waals surface area (Å²) in [6.07, 6.45) is 10.9. The molecular weight excluding hydrogens is 144 g/mol. The summed E-state index contributed by atoms with van der Waals surface area (Å²) >= 11 is 0. The molecule has 0 nitrogen and oxygen atoms in total. The van der Waals surface area contributed by atoms with Crippen molar-refractivity contribution < 1.29 is 0 Å². The van der Waals surface area contributed by atoms with Crippen molar-refractivity contribution in [2.45, 2.75) is 44.9 Å². The normalized spacial score (nSPS) is 38.4. The van der Waals surface area contributed by atoms with E-state index in [0.717, 1.165) is 11.8 Å². The van der Waals surface area contributed by atoms with Crippen molar-refractivity contribution in [2.24, 2.45) is 11.8 Å². The third-order valence-corrected chi connectivity index (χ3v) is 3.12. The van der Waals surface area contributed by atoms with Gasteiger partial charge in [0.1, 0.15) is 0 Å². The van der Waals surface area contributed by atoms with Crippen LogP contribution in [0.2, 0.25) is 0 Å². The maximum absolute atomic E-state index is 1.58. The molecule has 0 atom stereocenters. The van der Waals surface area contributed by atoms with Gasteiger partial charge in [-0.1, -0.05) is 38.5 Å². The van der Waals surface area contributed by atoms with Crippen molar-refractivity contribution in [3.63, 3.8) is 0 Å². The minimum absolute atomic E-state index is 0. The van der Waals surface area contributed by atoms with Crippen LogP contribution < -0.4 is 0 Å². The Bertz CT molecular complexity index is 80.9. The van der Waals surface area contributed by atoms with Gasteiger partial charge in [0.05, 0.1) is 0 Å². The molecule has 10 heavy (non-hydrogen) atoms. The summed E-state index contributed by atoms with van der Waals surface area (Å²) in [5, 5.41) is 0. The first kappa shape index (κ1) is 8.39. The van der Waals surface area contributed by atoms with Crippen LogP contribution in [0.25, 0.3) is 0 Å². The minimum Gasteiger partial charge on any atom is -0.147 e. The van der Waals surface area contributed by atoms with Crippen molar-refractivity contribution in [1.29, 1.82) is 0 Å². The summed E-state index contributed by atoms with van der Waals surface area (Å²) in [5.74, 6) is 2.30. The van der Waals surface area contributed by atoms with Crippen molar-refractivity contribution in [3.8, 4) is 0 Å². The lowest BCUT2D eigenvalue weighted by Gasteiger charge is -2.33. The van der Waals surface area contributed by atoms with E-state index in [2.05, 4.69) is 0 Å². The van der Waals surface area contributed by atoms with Gasteiger partial charge in [0.25, 0.3) is 0 Å². The molecule has 2 aliphatic rings. The Morgan fingerprint density at radius 1 is 0.700 bits per heavy atom. The topological polar surface area (TPSA) is 0 Å². The zero-order valence-electron chi connectivity index (χ0n) is 6.51.